The highest BCUT2D eigenvalue weighted by Gasteiger charge is 2.39. The average Bonchev–Trinajstić information content (AvgIpc) is 2.69. The van der Waals surface area contributed by atoms with Gasteiger partial charge in [-0.1, -0.05) is 19.9 Å². The third-order valence-electron chi connectivity index (χ3n) is 4.01. The van der Waals surface area contributed by atoms with E-state index in [-0.39, 0.29) is 11.6 Å². The quantitative estimate of drug-likeness (QED) is 0.501. The summed E-state index contributed by atoms with van der Waals surface area (Å²) in [6.45, 7) is 7.04. The van der Waals surface area contributed by atoms with Gasteiger partial charge in [0.05, 0.1) is 0 Å². The second kappa shape index (κ2) is 12.3. The summed E-state index contributed by atoms with van der Waals surface area (Å²) in [6.07, 6.45) is -2.37. The van der Waals surface area contributed by atoms with Crippen LogP contribution < -0.4 is 5.32 Å². The normalized spacial score (nSPS) is 12.3. The first-order valence-electron chi connectivity index (χ1n) is 9.88. The van der Waals surface area contributed by atoms with Crippen molar-refractivity contribution in [3.63, 3.8) is 0 Å². The highest BCUT2D eigenvalue weighted by atomic mass is 16.6. The Morgan fingerprint density at radius 1 is 0.968 bits per heavy atom. The molecule has 170 valence electrons. The van der Waals surface area contributed by atoms with Gasteiger partial charge in [-0.3, -0.25) is 19.2 Å². The van der Waals surface area contributed by atoms with Crippen LogP contribution in [-0.4, -0.2) is 65.0 Å². The van der Waals surface area contributed by atoms with Crippen LogP contribution in [0, 0.1) is 0 Å². The monoisotopic (exact) mass is 436 g/mol. The number of hydrogen-bond acceptors (Lipinski definition) is 7. The number of amides is 2. The number of ether oxygens (including phenoxy) is 2. The van der Waals surface area contributed by atoms with Crippen LogP contribution >= 0.6 is 0 Å². The Kier molecular flexibility index (Phi) is 10.2. The van der Waals surface area contributed by atoms with Gasteiger partial charge in [0.1, 0.15) is 0 Å². The highest BCUT2D eigenvalue weighted by Crippen LogP contribution is 2.16. The van der Waals surface area contributed by atoms with Crippen molar-refractivity contribution < 1.29 is 38.6 Å². The average molecular weight is 436 g/mol. The smallest absolute Gasteiger partial charge is 0.349 e. The SMILES string of the molecule is CCCN(CCC)C(=O)c1cccc(NC(=O)[C@@H](OC(C)=O)[C@H](OC(C)=O)C(=O)O)c1. The Morgan fingerprint density at radius 3 is 2.00 bits per heavy atom. The van der Waals surface area contributed by atoms with Gasteiger partial charge in [0.25, 0.3) is 11.8 Å². The number of carbonyl (C=O) groups excluding carboxylic acids is 4. The Hall–Kier alpha value is -3.43. The number of nitrogens with zero attached hydrogens (tertiary/aromatic N) is 1. The molecule has 0 radical (unpaired) electrons. The minimum Gasteiger partial charge on any atom is -0.478 e. The predicted molar refractivity (Wildman–Crippen MR) is 110 cm³/mol. The van der Waals surface area contributed by atoms with Gasteiger partial charge in [0.15, 0.2) is 0 Å². The molecule has 31 heavy (non-hydrogen) atoms. The molecule has 10 nitrogen and oxygen atoms in total. The van der Waals surface area contributed by atoms with E-state index < -0.39 is 36.0 Å². The molecule has 0 saturated carbocycles. The summed E-state index contributed by atoms with van der Waals surface area (Å²) in [7, 11) is 0. The Balaban J connectivity index is 3.12. The van der Waals surface area contributed by atoms with Crippen molar-refractivity contribution >= 4 is 35.4 Å². The molecule has 0 aliphatic heterocycles. The standard InChI is InChI=1S/C21H28N2O8/c1-5-10-23(11-6-2)20(27)15-8-7-9-16(12-15)22-19(26)17(30-13(3)24)18(21(28)29)31-14(4)25/h7-9,12,17-18H,5-6,10-11H2,1-4H3,(H,22,26)(H,28,29)/t17-,18-/m0/s1. The number of carboxylic acids is 1. The van der Waals surface area contributed by atoms with E-state index in [0.29, 0.717) is 18.7 Å². The third-order valence-corrected chi connectivity index (χ3v) is 4.01. The number of esters is 2. The molecule has 0 heterocycles. The first-order chi connectivity index (χ1) is 14.6. The second-order valence-corrected chi connectivity index (χ2v) is 6.76. The Bertz CT molecular complexity index is 817. The fourth-order valence-electron chi connectivity index (χ4n) is 2.83. The summed E-state index contributed by atoms with van der Waals surface area (Å²) < 4.78 is 9.45. The van der Waals surface area contributed by atoms with Crippen LogP contribution in [0.4, 0.5) is 5.69 Å². The summed E-state index contributed by atoms with van der Waals surface area (Å²) in [5, 5.41) is 11.7. The zero-order valence-electron chi connectivity index (χ0n) is 18.0. The first-order valence-corrected chi connectivity index (χ1v) is 9.88. The number of aliphatic carboxylic acids is 1. The van der Waals surface area contributed by atoms with E-state index in [1.54, 1.807) is 17.0 Å². The van der Waals surface area contributed by atoms with Gasteiger partial charge in [-0.15, -0.1) is 0 Å². The molecular formula is C21H28N2O8. The number of benzene rings is 1. The molecule has 2 atom stereocenters. The molecule has 0 unspecified atom stereocenters. The van der Waals surface area contributed by atoms with Gasteiger partial charge in [-0.25, -0.2) is 4.79 Å². The van der Waals surface area contributed by atoms with Crippen molar-refractivity contribution in [2.75, 3.05) is 18.4 Å². The molecule has 10 heteroatoms. The fourth-order valence-corrected chi connectivity index (χ4v) is 2.83. The third kappa shape index (κ3) is 8.07. The van der Waals surface area contributed by atoms with Crippen LogP contribution in [-0.2, 0) is 28.7 Å². The lowest BCUT2D eigenvalue weighted by molar-refractivity contribution is -0.179. The summed E-state index contributed by atoms with van der Waals surface area (Å²) in [6, 6.07) is 6.08. The second-order valence-electron chi connectivity index (χ2n) is 6.76. The van der Waals surface area contributed by atoms with Crippen LogP contribution in [0.3, 0.4) is 0 Å². The van der Waals surface area contributed by atoms with Crippen LogP contribution in [0.15, 0.2) is 24.3 Å². The van der Waals surface area contributed by atoms with E-state index in [0.717, 1.165) is 26.7 Å². The lowest BCUT2D eigenvalue weighted by Gasteiger charge is -2.23. The highest BCUT2D eigenvalue weighted by molar-refractivity contribution is 6.01. The molecule has 2 amide bonds. The lowest BCUT2D eigenvalue weighted by atomic mass is 10.1. The fraction of sp³-hybridized carbons (Fsp3) is 0.476. The van der Waals surface area contributed by atoms with Gasteiger partial charge in [-0.2, -0.15) is 0 Å². The maximum atomic E-state index is 12.8. The van der Waals surface area contributed by atoms with Crippen molar-refractivity contribution in [3.05, 3.63) is 29.8 Å². The maximum Gasteiger partial charge on any atom is 0.349 e. The van der Waals surface area contributed by atoms with Crippen LogP contribution in [0.25, 0.3) is 0 Å². The molecule has 0 aliphatic carbocycles. The molecule has 0 spiro atoms. The number of nitrogens with one attached hydrogen (secondary N) is 1. The largest absolute Gasteiger partial charge is 0.478 e. The molecule has 1 aromatic rings. The molecule has 0 bridgehead atoms. The Morgan fingerprint density at radius 2 is 1.52 bits per heavy atom. The van der Waals surface area contributed by atoms with Gasteiger partial charge < -0.3 is 24.8 Å². The van der Waals surface area contributed by atoms with Crippen LogP contribution in [0.5, 0.6) is 0 Å². The Labute approximate surface area is 180 Å². The van der Waals surface area contributed by atoms with Crippen molar-refractivity contribution in [1.82, 2.24) is 4.90 Å². The number of rotatable bonds is 11. The van der Waals surface area contributed by atoms with Gasteiger partial charge >= 0.3 is 17.9 Å². The van der Waals surface area contributed by atoms with Gasteiger partial charge in [-0.05, 0) is 31.0 Å². The van der Waals surface area contributed by atoms with Crippen LogP contribution in [0.2, 0.25) is 0 Å². The van der Waals surface area contributed by atoms with Gasteiger partial charge in [0, 0.05) is 38.2 Å². The minimum atomic E-state index is -2.03. The number of carbonyl (C=O) groups is 5. The van der Waals surface area contributed by atoms with Gasteiger partial charge in [0.2, 0.25) is 12.2 Å². The lowest BCUT2D eigenvalue weighted by Crippen LogP contribution is -2.47. The number of anilines is 1. The van der Waals surface area contributed by atoms with E-state index in [1.807, 2.05) is 13.8 Å². The molecule has 2 N–H and O–H groups in total. The topological polar surface area (TPSA) is 139 Å². The number of carboxylic acid groups (broad SMARTS) is 1. The molecular weight excluding hydrogens is 408 g/mol. The predicted octanol–water partition coefficient (Wildman–Crippen LogP) is 1.84. The molecule has 0 saturated heterocycles. The van der Waals surface area contributed by atoms with E-state index in [9.17, 15) is 29.1 Å². The molecule has 1 rings (SSSR count). The molecule has 0 aliphatic rings. The van der Waals surface area contributed by atoms with E-state index in [4.69, 9.17) is 4.74 Å². The maximum absolute atomic E-state index is 12.8. The molecule has 0 aromatic heterocycles. The van der Waals surface area contributed by atoms with E-state index in [1.165, 1.54) is 12.1 Å². The van der Waals surface area contributed by atoms with Crippen molar-refractivity contribution in [2.24, 2.45) is 0 Å². The molecule has 1 aromatic carbocycles. The summed E-state index contributed by atoms with van der Waals surface area (Å²) in [5.41, 5.74) is 0.520. The molecule has 0 fully saturated rings. The first kappa shape index (κ1) is 25.6. The van der Waals surface area contributed by atoms with Crippen molar-refractivity contribution in [3.8, 4) is 0 Å². The zero-order chi connectivity index (χ0) is 23.6. The summed E-state index contributed by atoms with van der Waals surface area (Å²) >= 11 is 0. The zero-order valence-corrected chi connectivity index (χ0v) is 18.0. The summed E-state index contributed by atoms with van der Waals surface area (Å²) in [4.78, 5) is 61.2. The summed E-state index contributed by atoms with van der Waals surface area (Å²) in [5.74, 6) is -4.78. The van der Waals surface area contributed by atoms with Crippen molar-refractivity contribution in [2.45, 2.75) is 52.7 Å². The van der Waals surface area contributed by atoms with E-state index in [2.05, 4.69) is 10.1 Å². The van der Waals surface area contributed by atoms with Crippen LogP contribution in [0.1, 0.15) is 50.9 Å². The van der Waals surface area contributed by atoms with E-state index >= 15 is 0 Å². The number of hydrogen-bond donors (Lipinski definition) is 2. The van der Waals surface area contributed by atoms with Crippen molar-refractivity contribution in [1.29, 1.82) is 0 Å². The minimum absolute atomic E-state index is 0.188.